The first-order chi connectivity index (χ1) is 6.40. The van der Waals surface area contributed by atoms with E-state index in [1.807, 2.05) is 41.5 Å². The van der Waals surface area contributed by atoms with Crippen molar-refractivity contribution in [2.45, 2.75) is 89.6 Å². The number of halogens is 2. The van der Waals surface area contributed by atoms with Crippen LogP contribution in [-0.4, -0.2) is 25.4 Å². The Kier molecular flexibility index (Phi) is 86.0. The van der Waals surface area contributed by atoms with Gasteiger partial charge in [0.1, 0.15) is 0 Å². The summed E-state index contributed by atoms with van der Waals surface area (Å²) in [6, 6.07) is 0. The van der Waals surface area contributed by atoms with Crippen LogP contribution in [0.15, 0.2) is 0 Å². The predicted molar refractivity (Wildman–Crippen MR) is 108 cm³/mol. The summed E-state index contributed by atoms with van der Waals surface area (Å²) in [5.41, 5.74) is 0. The third kappa shape index (κ3) is 85.6. The van der Waals surface area contributed by atoms with Gasteiger partial charge in [-0.05, 0) is 41.5 Å². The lowest BCUT2D eigenvalue weighted by molar-refractivity contribution is 0.0300. The van der Waals surface area contributed by atoms with Gasteiger partial charge in [0.25, 0.3) is 0 Å². The van der Waals surface area contributed by atoms with Crippen LogP contribution in [0.4, 0.5) is 0 Å². The van der Waals surface area contributed by atoms with Gasteiger partial charge in [0.2, 0.25) is 0 Å². The van der Waals surface area contributed by atoms with Crippen molar-refractivity contribution in [1.82, 2.24) is 0 Å². The molecule has 0 rings (SSSR count). The minimum atomic E-state index is 0. The van der Waals surface area contributed by atoms with E-state index in [4.69, 9.17) is 9.47 Å². The van der Waals surface area contributed by atoms with Crippen molar-refractivity contribution in [3.8, 4) is 0 Å². The van der Waals surface area contributed by atoms with E-state index >= 15 is 0 Å². The minimum absolute atomic E-state index is 0. The van der Waals surface area contributed by atoms with Crippen LogP contribution >= 0.6 is 37.2 Å². The summed E-state index contributed by atoms with van der Waals surface area (Å²) in [6.07, 6.45) is 1.13. The van der Waals surface area contributed by atoms with E-state index in [9.17, 15) is 0 Å². The summed E-state index contributed by atoms with van der Waals surface area (Å²) in [5.74, 6) is 0. The van der Waals surface area contributed by atoms with Gasteiger partial charge in [0.05, 0.1) is 18.3 Å². The molecule has 0 saturated carbocycles. The van der Waals surface area contributed by atoms with E-state index in [1.54, 1.807) is 7.11 Å². The van der Waals surface area contributed by atoms with Crippen LogP contribution in [0.25, 0.3) is 0 Å². The lowest BCUT2D eigenvalue weighted by Gasteiger charge is -2.09. The summed E-state index contributed by atoms with van der Waals surface area (Å²) in [5, 5.41) is 0. The van der Waals surface area contributed by atoms with Crippen LogP contribution in [0.2, 0.25) is 0 Å². The van der Waals surface area contributed by atoms with E-state index < -0.39 is 0 Å². The molecule has 0 aromatic rings. The summed E-state index contributed by atoms with van der Waals surface area (Å²) >= 11 is 4.24. The van der Waals surface area contributed by atoms with Crippen molar-refractivity contribution in [3.63, 3.8) is 0 Å². The average Bonchev–Trinajstić information content (AvgIpc) is 2.06. The Balaban J connectivity index is -0.0000000201. The van der Waals surface area contributed by atoms with Crippen LogP contribution in [0, 0.1) is 0 Å². The largest absolute Gasteiger partial charge is 0.382 e. The molecule has 0 aliphatic rings. The van der Waals surface area contributed by atoms with E-state index in [0.29, 0.717) is 18.3 Å². The van der Waals surface area contributed by atoms with Crippen LogP contribution < -0.4 is 0 Å². The first-order valence-corrected chi connectivity index (χ1v) is 11.0. The molecule has 0 heterocycles. The highest BCUT2D eigenvalue weighted by atomic mass is 128. The number of ether oxygens (including phenoxy) is 2. The molecule has 0 aromatic carbocycles. The fraction of sp³-hybridized carbons (Fsp3) is 1.00. The molecular formula is C14H40I2O2. The highest BCUT2D eigenvalue weighted by Gasteiger charge is 1.94. The molecule has 18 heavy (non-hydrogen) atoms. The summed E-state index contributed by atoms with van der Waals surface area (Å²) in [4.78, 5) is 0. The Bertz CT molecular complexity index is 81.9. The smallest absolute Gasteiger partial charge is 0.0522 e. The van der Waals surface area contributed by atoms with Crippen LogP contribution in [0.1, 0.15) is 71.2 Å². The minimum Gasteiger partial charge on any atom is -0.382 e. The van der Waals surface area contributed by atoms with Gasteiger partial charge in [-0.25, -0.2) is 0 Å². The Morgan fingerprint density at radius 1 is 0.611 bits per heavy atom. The third-order valence-corrected chi connectivity index (χ3v) is 1.02. The Labute approximate surface area is 142 Å². The number of methoxy groups -OCH3 is 1. The van der Waals surface area contributed by atoms with E-state index in [2.05, 4.69) is 37.2 Å². The van der Waals surface area contributed by atoms with E-state index in [0.717, 1.165) is 0 Å². The zero-order chi connectivity index (χ0) is 12.1. The Morgan fingerprint density at radius 3 is 0.778 bits per heavy atom. The van der Waals surface area contributed by atoms with Crippen LogP contribution in [0.3, 0.4) is 0 Å². The maximum Gasteiger partial charge on any atom is 0.0522 e. The van der Waals surface area contributed by atoms with E-state index in [-0.39, 0.29) is 29.7 Å². The Morgan fingerprint density at radius 2 is 0.778 bits per heavy atom. The molecule has 0 aromatic heterocycles. The summed E-state index contributed by atoms with van der Waals surface area (Å²) in [7, 11) is 1.70. The molecule has 0 spiro atoms. The molecule has 0 radical (unpaired) electrons. The molecule has 0 bridgehead atoms. The van der Waals surface area contributed by atoms with Gasteiger partial charge in [-0.2, -0.15) is 0 Å². The Hall–Kier alpha value is 1.38. The van der Waals surface area contributed by atoms with Crippen LogP contribution in [-0.2, 0) is 9.47 Å². The zero-order valence-corrected chi connectivity index (χ0v) is 14.6. The highest BCUT2D eigenvalue weighted by Crippen LogP contribution is 1.93. The van der Waals surface area contributed by atoms with Gasteiger partial charge >= 0.3 is 0 Å². The molecule has 0 unspecified atom stereocenters. The topological polar surface area (TPSA) is 18.5 Å². The van der Waals surface area contributed by atoms with Gasteiger partial charge in [0, 0.05) is 44.3 Å². The number of hydrogen-bond donors (Lipinski definition) is 0. The second-order valence-electron chi connectivity index (χ2n) is 3.52. The molecule has 122 valence electrons. The molecule has 0 aliphatic heterocycles. The predicted octanol–water partition coefficient (Wildman–Crippen LogP) is 7.18. The zero-order valence-electron chi connectivity index (χ0n) is 10.3. The third-order valence-electron chi connectivity index (χ3n) is 1.02. The molecule has 0 fully saturated rings. The second-order valence-corrected chi connectivity index (χ2v) is 3.52. The van der Waals surface area contributed by atoms with Crippen molar-refractivity contribution in [2.75, 3.05) is 7.11 Å². The molecule has 0 saturated heterocycles. The lowest BCUT2D eigenvalue weighted by atomic mass is 10.4. The van der Waals surface area contributed by atoms with Crippen LogP contribution in [0.5, 0.6) is 0 Å². The van der Waals surface area contributed by atoms with Gasteiger partial charge < -0.3 is 9.47 Å². The standard InChI is InChI=1S/C6H14O.C4H10O.4CH4.I2/c1-5(2)7-6(3)4;1-4(2)5-3;;;;;1-2/h5-6H,1-4H3;4H,1-3H3;4*1H4;. The molecule has 0 N–H and O–H groups in total. The number of rotatable bonds is 3. The quantitative estimate of drug-likeness (QED) is 0.387. The molecule has 0 amide bonds. The second kappa shape index (κ2) is 36.2. The average molecular weight is 494 g/mol. The van der Waals surface area contributed by atoms with Gasteiger partial charge in [0.15, 0.2) is 0 Å². The summed E-state index contributed by atoms with van der Waals surface area (Å²) in [6.45, 7) is 12.2. The molecule has 2 nitrogen and oxygen atoms in total. The molecule has 0 atom stereocenters. The maximum atomic E-state index is 5.25. The lowest BCUT2D eigenvalue weighted by Crippen LogP contribution is -2.09. The van der Waals surface area contributed by atoms with Gasteiger partial charge in [-0.3, -0.25) is 0 Å². The first-order valence-electron chi connectivity index (χ1n) is 4.72. The number of hydrogen-bond acceptors (Lipinski definition) is 2. The van der Waals surface area contributed by atoms with E-state index in [1.165, 1.54) is 0 Å². The van der Waals surface area contributed by atoms with Crippen molar-refractivity contribution in [2.24, 2.45) is 0 Å². The maximum absolute atomic E-state index is 5.25. The molecule has 0 aliphatic carbocycles. The first kappa shape index (κ1) is 42.7. The van der Waals surface area contributed by atoms with Crippen molar-refractivity contribution >= 4 is 37.2 Å². The monoisotopic (exact) mass is 494 g/mol. The normalized spacial score (nSPS) is 7.33. The van der Waals surface area contributed by atoms with Crippen molar-refractivity contribution in [3.05, 3.63) is 0 Å². The fourth-order valence-corrected chi connectivity index (χ4v) is 0.544. The highest BCUT2D eigenvalue weighted by molar-refractivity contribution is 15.0. The van der Waals surface area contributed by atoms with Crippen molar-refractivity contribution in [1.29, 1.82) is 0 Å². The molecular weight excluding hydrogens is 454 g/mol. The fourth-order valence-electron chi connectivity index (χ4n) is 0.544. The molecule has 4 heteroatoms. The SMILES string of the molecule is C.C.C.C.CC(C)OC(C)C.COC(C)C.II. The van der Waals surface area contributed by atoms with Gasteiger partial charge in [-0.1, -0.05) is 29.7 Å². The summed E-state index contributed by atoms with van der Waals surface area (Å²) < 4.78 is 10.0. The van der Waals surface area contributed by atoms with Gasteiger partial charge in [-0.15, -0.1) is 0 Å². The van der Waals surface area contributed by atoms with Crippen molar-refractivity contribution < 1.29 is 9.47 Å².